The van der Waals surface area contributed by atoms with E-state index in [-0.39, 0.29) is 4.83 Å². The summed E-state index contributed by atoms with van der Waals surface area (Å²) in [5.74, 6) is 0. The van der Waals surface area contributed by atoms with E-state index in [2.05, 4.69) is 47.8 Å². The van der Waals surface area contributed by atoms with Crippen molar-refractivity contribution in [3.8, 4) is 0 Å². The number of rotatable bonds is 6. The number of alkyl halides is 3. The average Bonchev–Trinajstić information content (AvgIpc) is 2.28. The Labute approximate surface area is 131 Å². The van der Waals surface area contributed by atoms with Gasteiger partial charge in [0.15, 0.2) is 0 Å². The summed E-state index contributed by atoms with van der Waals surface area (Å²) in [4.78, 5) is 0.0708. The maximum atomic E-state index is 11.9. The first kappa shape index (κ1) is 16.5. The largest absolute Gasteiger partial charge is 0.375 e. The van der Waals surface area contributed by atoms with E-state index in [9.17, 15) is 8.78 Å². The Morgan fingerprint density at radius 3 is 2.50 bits per heavy atom. The number of hydrogen-bond donors (Lipinski definition) is 0. The van der Waals surface area contributed by atoms with Gasteiger partial charge < -0.3 is 4.74 Å². The minimum Gasteiger partial charge on any atom is -0.375 e. The molecule has 0 saturated carbocycles. The van der Waals surface area contributed by atoms with Gasteiger partial charge in [-0.05, 0) is 36.6 Å². The van der Waals surface area contributed by atoms with Gasteiger partial charge in [0.05, 0.1) is 0 Å². The summed E-state index contributed by atoms with van der Waals surface area (Å²) in [5.41, 5.74) is 2.22. The molecule has 0 aliphatic rings. The van der Waals surface area contributed by atoms with Crippen molar-refractivity contribution in [3.63, 3.8) is 0 Å². The standard InChI is InChI=1S/C12H13Br3F2O/c1-7-4-11(15)8(5-10(7)14)9(13)2-3-18-6-12(16)17/h4-5,9,12H,2-3,6H2,1H3. The monoisotopic (exact) mass is 448 g/mol. The van der Waals surface area contributed by atoms with Crippen LogP contribution in [0.15, 0.2) is 21.1 Å². The van der Waals surface area contributed by atoms with Crippen LogP contribution in [0.1, 0.15) is 22.4 Å². The molecule has 0 fully saturated rings. The van der Waals surface area contributed by atoms with E-state index >= 15 is 0 Å². The van der Waals surface area contributed by atoms with Gasteiger partial charge in [-0.25, -0.2) is 8.78 Å². The van der Waals surface area contributed by atoms with Gasteiger partial charge in [-0.3, -0.25) is 0 Å². The Kier molecular flexibility index (Phi) is 7.28. The number of halogens is 5. The summed E-state index contributed by atoms with van der Waals surface area (Å²) >= 11 is 10.5. The molecule has 1 nitrogen and oxygen atoms in total. The zero-order valence-electron chi connectivity index (χ0n) is 9.73. The van der Waals surface area contributed by atoms with E-state index in [0.717, 1.165) is 20.1 Å². The number of aryl methyl sites for hydroxylation is 1. The van der Waals surface area contributed by atoms with Gasteiger partial charge >= 0.3 is 0 Å². The molecule has 0 bridgehead atoms. The first-order valence-electron chi connectivity index (χ1n) is 5.37. The maximum Gasteiger partial charge on any atom is 0.261 e. The molecule has 1 aromatic rings. The van der Waals surface area contributed by atoms with Crippen molar-refractivity contribution in [2.24, 2.45) is 0 Å². The van der Waals surface area contributed by atoms with Gasteiger partial charge in [0, 0.05) is 20.4 Å². The molecular weight excluding hydrogens is 438 g/mol. The fraction of sp³-hybridized carbons (Fsp3) is 0.500. The van der Waals surface area contributed by atoms with Crippen molar-refractivity contribution in [1.82, 2.24) is 0 Å². The quantitative estimate of drug-likeness (QED) is 0.403. The zero-order chi connectivity index (χ0) is 13.7. The van der Waals surface area contributed by atoms with Gasteiger partial charge in [0.1, 0.15) is 6.61 Å². The van der Waals surface area contributed by atoms with Crippen LogP contribution in [-0.2, 0) is 4.74 Å². The van der Waals surface area contributed by atoms with E-state index in [4.69, 9.17) is 4.74 Å². The molecule has 0 saturated heterocycles. The molecule has 1 unspecified atom stereocenters. The van der Waals surface area contributed by atoms with Crippen molar-refractivity contribution >= 4 is 47.8 Å². The molecule has 0 aliphatic heterocycles. The summed E-state index contributed by atoms with van der Waals surface area (Å²) in [6, 6.07) is 4.04. The van der Waals surface area contributed by atoms with Crippen molar-refractivity contribution in [2.45, 2.75) is 24.6 Å². The van der Waals surface area contributed by atoms with Crippen LogP contribution >= 0.6 is 47.8 Å². The van der Waals surface area contributed by atoms with Crippen LogP contribution < -0.4 is 0 Å². The van der Waals surface area contributed by atoms with Crippen LogP contribution in [0, 0.1) is 6.92 Å². The molecule has 18 heavy (non-hydrogen) atoms. The second-order valence-electron chi connectivity index (χ2n) is 3.85. The summed E-state index contributed by atoms with van der Waals surface area (Å²) in [6.45, 7) is 1.81. The Morgan fingerprint density at radius 2 is 1.89 bits per heavy atom. The summed E-state index contributed by atoms with van der Waals surface area (Å²) in [5, 5.41) is 0. The van der Waals surface area contributed by atoms with Gasteiger partial charge in [0.25, 0.3) is 6.43 Å². The highest BCUT2D eigenvalue weighted by Gasteiger charge is 2.13. The van der Waals surface area contributed by atoms with Crippen LogP contribution in [0.4, 0.5) is 8.78 Å². The molecule has 0 N–H and O–H groups in total. The van der Waals surface area contributed by atoms with E-state index < -0.39 is 13.0 Å². The number of ether oxygens (including phenoxy) is 1. The SMILES string of the molecule is Cc1cc(Br)c(C(Br)CCOCC(F)F)cc1Br. The van der Waals surface area contributed by atoms with Crippen LogP contribution in [0.3, 0.4) is 0 Å². The van der Waals surface area contributed by atoms with Crippen LogP contribution in [0.5, 0.6) is 0 Å². The van der Waals surface area contributed by atoms with Gasteiger partial charge in [-0.15, -0.1) is 0 Å². The first-order valence-corrected chi connectivity index (χ1v) is 7.87. The van der Waals surface area contributed by atoms with Crippen LogP contribution in [0.25, 0.3) is 0 Å². The highest BCUT2D eigenvalue weighted by Crippen LogP contribution is 2.35. The van der Waals surface area contributed by atoms with Crippen molar-refractivity contribution < 1.29 is 13.5 Å². The van der Waals surface area contributed by atoms with Crippen LogP contribution in [-0.4, -0.2) is 19.6 Å². The molecule has 102 valence electrons. The minimum atomic E-state index is -2.40. The van der Waals surface area contributed by atoms with Gasteiger partial charge in [0.2, 0.25) is 0 Å². The highest BCUT2D eigenvalue weighted by molar-refractivity contribution is 9.11. The molecule has 0 spiro atoms. The van der Waals surface area contributed by atoms with E-state index in [1.807, 2.05) is 19.1 Å². The van der Waals surface area contributed by atoms with Gasteiger partial charge in [-0.2, -0.15) is 0 Å². The fourth-order valence-electron chi connectivity index (χ4n) is 1.42. The first-order chi connectivity index (χ1) is 8.41. The average molecular weight is 451 g/mol. The van der Waals surface area contributed by atoms with Crippen molar-refractivity contribution in [1.29, 1.82) is 0 Å². The number of hydrogen-bond acceptors (Lipinski definition) is 1. The maximum absolute atomic E-state index is 11.9. The lowest BCUT2D eigenvalue weighted by molar-refractivity contribution is 0.0167. The van der Waals surface area contributed by atoms with E-state index in [1.165, 1.54) is 0 Å². The molecule has 0 radical (unpaired) electrons. The fourth-order valence-corrected chi connectivity index (χ4v) is 3.38. The molecule has 0 aromatic heterocycles. The van der Waals surface area contributed by atoms with E-state index in [0.29, 0.717) is 13.0 Å². The predicted octanol–water partition coefficient (Wildman–Crippen LogP) is 5.63. The second-order valence-corrected chi connectivity index (χ2v) is 6.66. The molecule has 0 aliphatic carbocycles. The normalized spacial score (nSPS) is 13.1. The Morgan fingerprint density at radius 1 is 1.22 bits per heavy atom. The minimum absolute atomic E-state index is 0.0708. The Hall–Kier alpha value is 0.480. The highest BCUT2D eigenvalue weighted by atomic mass is 79.9. The van der Waals surface area contributed by atoms with Crippen LogP contribution in [0.2, 0.25) is 0 Å². The molecule has 1 atom stereocenters. The molecular formula is C12H13Br3F2O. The lowest BCUT2D eigenvalue weighted by Gasteiger charge is -2.14. The third-order valence-corrected chi connectivity index (χ3v) is 4.87. The summed E-state index contributed by atoms with van der Waals surface area (Å²) in [7, 11) is 0. The van der Waals surface area contributed by atoms with Gasteiger partial charge in [-0.1, -0.05) is 47.8 Å². The third-order valence-electron chi connectivity index (χ3n) is 2.37. The van der Waals surface area contributed by atoms with E-state index in [1.54, 1.807) is 0 Å². The Balaban J connectivity index is 2.56. The van der Waals surface area contributed by atoms with Crippen molar-refractivity contribution in [2.75, 3.05) is 13.2 Å². The predicted molar refractivity (Wildman–Crippen MR) is 79.7 cm³/mol. The second kappa shape index (κ2) is 7.92. The molecule has 1 aromatic carbocycles. The lowest BCUT2D eigenvalue weighted by atomic mass is 10.1. The third kappa shape index (κ3) is 5.23. The molecule has 0 amide bonds. The topological polar surface area (TPSA) is 9.23 Å². The molecule has 6 heteroatoms. The summed E-state index contributed by atoms with van der Waals surface area (Å²) < 4.78 is 30.7. The smallest absolute Gasteiger partial charge is 0.261 e. The molecule has 1 rings (SSSR count). The number of benzene rings is 1. The van der Waals surface area contributed by atoms with Crippen molar-refractivity contribution in [3.05, 3.63) is 32.2 Å². The lowest BCUT2D eigenvalue weighted by Crippen LogP contribution is -2.07. The zero-order valence-corrected chi connectivity index (χ0v) is 14.5. The Bertz CT molecular complexity index is 399. The summed E-state index contributed by atoms with van der Waals surface area (Å²) in [6.07, 6.45) is -1.76. The molecule has 0 heterocycles.